The monoisotopic (exact) mass is 86.0 g/mol. The molecule has 0 rings (SSSR count). The van der Waals surface area contributed by atoms with Crippen LogP contribution in [-0.2, 0) is 0 Å². The van der Waals surface area contributed by atoms with Crippen molar-refractivity contribution < 1.29 is 11.0 Å². The molecule has 0 aliphatic heterocycles. The average Bonchev–Trinajstić information content (AvgIpc) is 0. The van der Waals surface area contributed by atoms with Crippen molar-refractivity contribution in [1.29, 1.82) is 0 Å². The molecule has 0 aromatic rings. The summed E-state index contributed by atoms with van der Waals surface area (Å²) in [6.07, 6.45) is 0. The van der Waals surface area contributed by atoms with Crippen LogP contribution in [0.1, 0.15) is 0 Å². The molecule has 0 atom stereocenters. The van der Waals surface area contributed by atoms with E-state index in [2.05, 4.69) is 0 Å². The fourth-order valence-electron chi connectivity index (χ4n) is 0. The van der Waals surface area contributed by atoms with E-state index in [0.717, 1.165) is 0 Å². The molecule has 0 saturated heterocycles. The Morgan fingerprint density at radius 3 is 1.00 bits per heavy atom. The second-order valence-corrected chi connectivity index (χ2v) is 0. The second kappa shape index (κ2) is 29.4. The van der Waals surface area contributed by atoms with E-state index in [4.69, 9.17) is 0 Å². The third-order valence-corrected chi connectivity index (χ3v) is 0. The number of hydrogen-bond acceptors (Lipinski definition) is 1. The zero-order chi connectivity index (χ0) is 0. The fraction of sp³-hybridized carbons (Fsp3) is 0. The Labute approximate surface area is 51.5 Å². The molecular formula is H3AlMgO2+4. The van der Waals surface area contributed by atoms with E-state index < -0.39 is 0 Å². The molecule has 0 fully saturated rings. The zero-order valence-corrected chi connectivity index (χ0v) is 4.80. The van der Waals surface area contributed by atoms with Gasteiger partial charge in [-0.25, -0.2) is 0 Å². The minimum absolute atomic E-state index is 0. The standard InChI is InChI=1S/Al.Mg.2H2O/h;;2*1H2/q+3;+2;;/p-1. The summed E-state index contributed by atoms with van der Waals surface area (Å²) in [6, 6.07) is 0. The summed E-state index contributed by atoms with van der Waals surface area (Å²) in [6.45, 7) is 0. The molecule has 16 valence electrons. The Kier molecular flexibility index (Phi) is 460. The first-order chi connectivity index (χ1) is 0. The first-order valence-electron chi connectivity index (χ1n) is 0. The Morgan fingerprint density at radius 2 is 1.00 bits per heavy atom. The summed E-state index contributed by atoms with van der Waals surface area (Å²) < 4.78 is 0. The molecular weight excluding hydrogens is 83.3 g/mol. The van der Waals surface area contributed by atoms with Crippen molar-refractivity contribution in [3.8, 4) is 0 Å². The van der Waals surface area contributed by atoms with Crippen LogP contribution in [0.5, 0.6) is 0 Å². The van der Waals surface area contributed by atoms with Gasteiger partial charge in [0, 0.05) is 0 Å². The van der Waals surface area contributed by atoms with Crippen molar-refractivity contribution in [1.82, 2.24) is 0 Å². The molecule has 4 heteroatoms. The van der Waals surface area contributed by atoms with Crippen LogP contribution in [0, 0.1) is 0 Å². The Morgan fingerprint density at radius 1 is 1.00 bits per heavy atom. The smallest absolute Gasteiger partial charge is 0.870 e. The van der Waals surface area contributed by atoms with E-state index in [0.29, 0.717) is 0 Å². The summed E-state index contributed by atoms with van der Waals surface area (Å²) in [5, 5.41) is 0. The molecule has 0 aliphatic rings. The largest absolute Gasteiger partial charge is 3.00 e. The van der Waals surface area contributed by atoms with Crippen LogP contribution in [0.4, 0.5) is 0 Å². The fourth-order valence-corrected chi connectivity index (χ4v) is 0. The van der Waals surface area contributed by atoms with E-state index >= 15 is 0 Å². The van der Waals surface area contributed by atoms with Gasteiger partial charge in [0.2, 0.25) is 0 Å². The second-order valence-electron chi connectivity index (χ2n) is 0. The average molecular weight is 86.3 g/mol. The van der Waals surface area contributed by atoms with E-state index in [9.17, 15) is 0 Å². The topological polar surface area (TPSA) is 61.5 Å². The van der Waals surface area contributed by atoms with Crippen LogP contribution in [-0.4, -0.2) is 51.4 Å². The summed E-state index contributed by atoms with van der Waals surface area (Å²) in [7, 11) is 0. The molecule has 0 aromatic heterocycles. The summed E-state index contributed by atoms with van der Waals surface area (Å²) in [4.78, 5) is 0. The van der Waals surface area contributed by atoms with E-state index in [1.165, 1.54) is 0 Å². The van der Waals surface area contributed by atoms with Gasteiger partial charge in [0.25, 0.3) is 0 Å². The Balaban J connectivity index is 0. The van der Waals surface area contributed by atoms with Crippen molar-refractivity contribution in [3.05, 3.63) is 0 Å². The van der Waals surface area contributed by atoms with E-state index in [1.807, 2.05) is 0 Å². The van der Waals surface area contributed by atoms with Gasteiger partial charge in [-0.2, -0.15) is 0 Å². The molecule has 2 nitrogen and oxygen atoms in total. The molecule has 0 spiro atoms. The Bertz CT molecular complexity index is 6.00. The molecule has 0 bridgehead atoms. The predicted molar refractivity (Wildman–Crippen MR) is 17.1 cm³/mol. The number of hydrogen-bond donors (Lipinski definition) is 0. The van der Waals surface area contributed by atoms with Gasteiger partial charge in [0.1, 0.15) is 0 Å². The van der Waals surface area contributed by atoms with E-state index in [-0.39, 0.29) is 51.4 Å². The van der Waals surface area contributed by atoms with Crippen LogP contribution in [0.3, 0.4) is 0 Å². The van der Waals surface area contributed by atoms with Crippen molar-refractivity contribution >= 4 is 40.4 Å². The minimum atomic E-state index is 0. The maximum absolute atomic E-state index is 0. The maximum atomic E-state index is 0. The van der Waals surface area contributed by atoms with Crippen LogP contribution in [0.2, 0.25) is 0 Å². The maximum Gasteiger partial charge on any atom is 3.00 e. The summed E-state index contributed by atoms with van der Waals surface area (Å²) >= 11 is 0. The molecule has 3 N–H and O–H groups in total. The SMILES string of the molecule is O.[Al+3].[Mg+2].[OH-]. The van der Waals surface area contributed by atoms with Crippen LogP contribution in [0.15, 0.2) is 0 Å². The van der Waals surface area contributed by atoms with Crippen molar-refractivity contribution in [2.75, 3.05) is 0 Å². The third-order valence-electron chi connectivity index (χ3n) is 0. The van der Waals surface area contributed by atoms with Gasteiger partial charge in [-0.1, -0.05) is 0 Å². The van der Waals surface area contributed by atoms with Crippen molar-refractivity contribution in [2.24, 2.45) is 0 Å². The molecule has 0 amide bonds. The molecule has 0 aliphatic carbocycles. The first-order valence-corrected chi connectivity index (χ1v) is 0. The van der Waals surface area contributed by atoms with Gasteiger partial charge < -0.3 is 11.0 Å². The summed E-state index contributed by atoms with van der Waals surface area (Å²) in [5.41, 5.74) is 0. The van der Waals surface area contributed by atoms with Crippen LogP contribution < -0.4 is 0 Å². The van der Waals surface area contributed by atoms with Gasteiger partial charge in [-0.15, -0.1) is 0 Å². The predicted octanol–water partition coefficient (Wildman–Crippen LogP) is -1.76. The Hall–Kier alpha value is 1.22. The van der Waals surface area contributed by atoms with Crippen LogP contribution >= 0.6 is 0 Å². The molecule has 0 heterocycles. The van der Waals surface area contributed by atoms with Crippen molar-refractivity contribution in [3.63, 3.8) is 0 Å². The van der Waals surface area contributed by atoms with Gasteiger partial charge in [0.05, 0.1) is 0 Å². The summed E-state index contributed by atoms with van der Waals surface area (Å²) in [5.74, 6) is 0. The molecule has 0 saturated carbocycles. The van der Waals surface area contributed by atoms with Gasteiger partial charge in [-0.05, 0) is 0 Å². The van der Waals surface area contributed by atoms with Gasteiger partial charge >= 0.3 is 40.4 Å². The molecule has 0 radical (unpaired) electrons. The quantitative estimate of drug-likeness (QED) is 0.322. The zero-order valence-electron chi connectivity index (χ0n) is 2.23. The third kappa shape index (κ3) is 10.7. The molecule has 0 aromatic carbocycles. The van der Waals surface area contributed by atoms with Gasteiger partial charge in [0.15, 0.2) is 0 Å². The van der Waals surface area contributed by atoms with Crippen molar-refractivity contribution in [2.45, 2.75) is 0 Å². The minimum Gasteiger partial charge on any atom is -0.870 e. The number of rotatable bonds is 0. The first kappa shape index (κ1) is 62.5. The normalized spacial score (nSPS) is 0. The van der Waals surface area contributed by atoms with E-state index in [1.54, 1.807) is 0 Å². The molecule has 4 heavy (non-hydrogen) atoms. The van der Waals surface area contributed by atoms with Gasteiger partial charge in [-0.3, -0.25) is 0 Å². The molecule has 0 unspecified atom stereocenters. The van der Waals surface area contributed by atoms with Crippen LogP contribution in [0.25, 0.3) is 0 Å².